The zero-order valence-electron chi connectivity index (χ0n) is 9.60. The second-order valence-electron chi connectivity index (χ2n) is 3.66. The second-order valence-corrected chi connectivity index (χ2v) is 5.78. The van der Waals surface area contributed by atoms with Gasteiger partial charge in [0.15, 0.2) is 0 Å². The van der Waals surface area contributed by atoms with E-state index in [0.717, 1.165) is 33.8 Å². The third-order valence-corrected chi connectivity index (χ3v) is 3.88. The maximum absolute atomic E-state index is 5.70. The molecule has 0 radical (unpaired) electrons. The van der Waals surface area contributed by atoms with Crippen molar-refractivity contribution in [1.82, 2.24) is 9.97 Å². The molecule has 0 atom stereocenters. The molecule has 2 aromatic rings. The van der Waals surface area contributed by atoms with Crippen molar-refractivity contribution in [3.63, 3.8) is 0 Å². The van der Waals surface area contributed by atoms with Crippen molar-refractivity contribution in [2.45, 2.75) is 18.7 Å². The van der Waals surface area contributed by atoms with Gasteiger partial charge in [0.2, 0.25) is 0 Å². The van der Waals surface area contributed by atoms with Crippen LogP contribution in [0.5, 0.6) is 5.75 Å². The van der Waals surface area contributed by atoms with Crippen molar-refractivity contribution in [3.05, 3.63) is 39.0 Å². The lowest BCUT2D eigenvalue weighted by Gasteiger charge is -2.04. The Bertz CT molecular complexity index is 506. The van der Waals surface area contributed by atoms with E-state index in [2.05, 4.69) is 25.9 Å². The first-order valence-corrected chi connectivity index (χ1v) is 7.71. The number of nitrogens with zero attached hydrogens (tertiary/aromatic N) is 2. The monoisotopic (exact) mass is 346 g/mol. The van der Waals surface area contributed by atoms with Gasteiger partial charge in [0.25, 0.3) is 0 Å². The molecule has 0 aliphatic rings. The summed E-state index contributed by atoms with van der Waals surface area (Å²) in [5, 5.41) is 3.11. The van der Waals surface area contributed by atoms with Crippen LogP contribution in [0.15, 0.2) is 28.3 Å². The third kappa shape index (κ3) is 4.23. The van der Waals surface area contributed by atoms with Gasteiger partial charge in [-0.2, -0.15) is 0 Å². The van der Waals surface area contributed by atoms with Crippen molar-refractivity contribution in [1.29, 1.82) is 0 Å². The summed E-state index contributed by atoms with van der Waals surface area (Å²) in [5.41, 5.74) is 0.953. The zero-order valence-corrected chi connectivity index (χ0v) is 12.8. The first-order chi connectivity index (χ1) is 8.78. The molecule has 2 aromatic heterocycles. The highest BCUT2D eigenvalue weighted by Gasteiger charge is 2.01. The number of alkyl halides is 1. The van der Waals surface area contributed by atoms with E-state index >= 15 is 0 Å². The van der Waals surface area contributed by atoms with Crippen LogP contribution in [0.25, 0.3) is 0 Å². The molecule has 0 amide bonds. The maximum Gasteiger partial charge on any atom is 0.138 e. The van der Waals surface area contributed by atoms with Gasteiger partial charge in [-0.05, 0) is 28.4 Å². The minimum Gasteiger partial charge on any atom is -0.492 e. The highest BCUT2D eigenvalue weighted by molar-refractivity contribution is 9.10. The van der Waals surface area contributed by atoms with E-state index in [4.69, 9.17) is 16.3 Å². The van der Waals surface area contributed by atoms with Crippen LogP contribution in [0.3, 0.4) is 0 Å². The zero-order chi connectivity index (χ0) is 12.8. The molecule has 0 aliphatic heterocycles. The lowest BCUT2D eigenvalue weighted by molar-refractivity contribution is 0.309. The number of rotatable bonds is 6. The fraction of sp³-hybridized carbons (Fsp3) is 0.333. The van der Waals surface area contributed by atoms with Gasteiger partial charge in [-0.1, -0.05) is 0 Å². The van der Waals surface area contributed by atoms with Crippen LogP contribution in [0.2, 0.25) is 0 Å². The van der Waals surface area contributed by atoms with Crippen LogP contribution in [-0.2, 0) is 12.3 Å². The van der Waals surface area contributed by atoms with Gasteiger partial charge in [0.05, 0.1) is 29.4 Å². The average molecular weight is 348 g/mol. The van der Waals surface area contributed by atoms with Crippen LogP contribution in [-0.4, -0.2) is 16.6 Å². The fourth-order valence-electron chi connectivity index (χ4n) is 1.41. The molecular weight excluding hydrogens is 336 g/mol. The Morgan fingerprint density at radius 2 is 2.28 bits per heavy atom. The number of ether oxygens (including phenoxy) is 1. The Hall–Kier alpha value is -0.650. The molecule has 18 heavy (non-hydrogen) atoms. The molecule has 0 aliphatic carbocycles. The summed E-state index contributed by atoms with van der Waals surface area (Å²) in [5.74, 6) is 1.27. The molecule has 2 heterocycles. The van der Waals surface area contributed by atoms with Crippen LogP contribution >= 0.6 is 38.9 Å². The predicted molar refractivity (Wildman–Crippen MR) is 77.4 cm³/mol. The van der Waals surface area contributed by atoms with E-state index in [9.17, 15) is 0 Å². The first-order valence-electron chi connectivity index (χ1n) is 5.50. The topological polar surface area (TPSA) is 35.0 Å². The highest BCUT2D eigenvalue weighted by atomic mass is 79.9. The summed E-state index contributed by atoms with van der Waals surface area (Å²) in [4.78, 5) is 8.44. The molecular formula is C12H12BrClN2OS. The second kappa shape index (κ2) is 7.07. The van der Waals surface area contributed by atoms with Gasteiger partial charge < -0.3 is 4.74 Å². The smallest absolute Gasteiger partial charge is 0.138 e. The van der Waals surface area contributed by atoms with Gasteiger partial charge >= 0.3 is 0 Å². The molecule has 0 saturated carbocycles. The minimum absolute atomic E-state index is 0.483. The van der Waals surface area contributed by atoms with Gasteiger partial charge in [0.1, 0.15) is 5.75 Å². The number of aromatic nitrogens is 2. The number of aryl methyl sites for hydroxylation is 1. The molecule has 0 bridgehead atoms. The molecule has 2 rings (SSSR count). The summed E-state index contributed by atoms with van der Waals surface area (Å²) in [7, 11) is 0. The highest BCUT2D eigenvalue weighted by Crippen LogP contribution is 2.17. The Morgan fingerprint density at radius 3 is 3.00 bits per heavy atom. The molecule has 0 unspecified atom stereocenters. The number of halogens is 2. The number of hydrogen-bond acceptors (Lipinski definition) is 4. The Balaban J connectivity index is 1.72. The van der Waals surface area contributed by atoms with Crippen molar-refractivity contribution in [3.8, 4) is 5.75 Å². The summed E-state index contributed by atoms with van der Waals surface area (Å²) in [6, 6.07) is 1.90. The molecule has 0 spiro atoms. The predicted octanol–water partition coefficient (Wildman–Crippen LogP) is 4.05. The van der Waals surface area contributed by atoms with Crippen molar-refractivity contribution in [2.75, 3.05) is 6.61 Å². The van der Waals surface area contributed by atoms with Crippen molar-refractivity contribution >= 4 is 38.9 Å². The van der Waals surface area contributed by atoms with Gasteiger partial charge in [-0.15, -0.1) is 22.9 Å². The normalized spacial score (nSPS) is 10.6. The van der Waals surface area contributed by atoms with E-state index in [0.29, 0.717) is 12.5 Å². The van der Waals surface area contributed by atoms with Gasteiger partial charge in [-0.3, -0.25) is 4.98 Å². The average Bonchev–Trinajstić information content (AvgIpc) is 2.83. The summed E-state index contributed by atoms with van der Waals surface area (Å²) in [6.07, 6.45) is 5.29. The number of hydrogen-bond donors (Lipinski definition) is 0. The quantitative estimate of drug-likeness (QED) is 0.584. The van der Waals surface area contributed by atoms with Gasteiger partial charge in [-0.25, -0.2) is 4.98 Å². The summed E-state index contributed by atoms with van der Waals surface area (Å²) in [6.45, 7) is 0.661. The Labute approximate surface area is 123 Å². The van der Waals surface area contributed by atoms with Crippen LogP contribution in [0.1, 0.15) is 17.1 Å². The van der Waals surface area contributed by atoms with Crippen LogP contribution in [0, 0.1) is 0 Å². The molecule has 3 nitrogen and oxygen atoms in total. The number of pyridine rings is 1. The minimum atomic E-state index is 0.483. The van der Waals surface area contributed by atoms with E-state index in [-0.39, 0.29) is 0 Å². The van der Waals surface area contributed by atoms with E-state index < -0.39 is 0 Å². The van der Waals surface area contributed by atoms with E-state index in [1.54, 1.807) is 23.7 Å². The first kappa shape index (κ1) is 13.8. The molecule has 0 N–H and O–H groups in total. The van der Waals surface area contributed by atoms with Crippen LogP contribution < -0.4 is 4.74 Å². The van der Waals surface area contributed by atoms with E-state index in [1.807, 2.05) is 11.4 Å². The standard InChI is InChI=1S/C12H12BrClN2OS/c13-9-4-11(7-15-6-9)17-3-1-2-12-16-10(5-14)8-18-12/h4,6-8H,1-3,5H2. The molecule has 0 fully saturated rings. The lowest BCUT2D eigenvalue weighted by Crippen LogP contribution is -1.99. The third-order valence-electron chi connectivity index (χ3n) is 2.22. The summed E-state index contributed by atoms with van der Waals surface area (Å²) >= 11 is 10.7. The van der Waals surface area contributed by atoms with Crippen LogP contribution in [0.4, 0.5) is 0 Å². The van der Waals surface area contributed by atoms with Gasteiger partial charge in [0, 0.05) is 22.5 Å². The molecule has 96 valence electrons. The molecule has 6 heteroatoms. The van der Waals surface area contributed by atoms with E-state index in [1.165, 1.54) is 0 Å². The molecule has 0 saturated heterocycles. The number of thiazole rings is 1. The largest absolute Gasteiger partial charge is 0.492 e. The molecule has 0 aromatic carbocycles. The summed E-state index contributed by atoms with van der Waals surface area (Å²) < 4.78 is 6.52. The van der Waals surface area contributed by atoms with Crippen molar-refractivity contribution < 1.29 is 4.74 Å². The lowest BCUT2D eigenvalue weighted by atomic mass is 10.3. The Morgan fingerprint density at radius 1 is 1.39 bits per heavy atom. The van der Waals surface area contributed by atoms with Crippen molar-refractivity contribution in [2.24, 2.45) is 0 Å². The SMILES string of the molecule is ClCc1csc(CCCOc2cncc(Br)c2)n1. The fourth-order valence-corrected chi connectivity index (χ4v) is 2.82. The maximum atomic E-state index is 5.70. The Kier molecular flexibility index (Phi) is 5.41.